The summed E-state index contributed by atoms with van der Waals surface area (Å²) in [6.07, 6.45) is 1.99. The highest BCUT2D eigenvalue weighted by molar-refractivity contribution is 7.98. The minimum Gasteiger partial charge on any atom is -0.339 e. The van der Waals surface area contributed by atoms with Gasteiger partial charge in [0.05, 0.1) is 11.2 Å². The molecule has 1 aliphatic rings. The Balaban J connectivity index is 1.69. The van der Waals surface area contributed by atoms with Gasteiger partial charge in [0.2, 0.25) is 5.89 Å². The molecule has 1 unspecified atom stereocenters. The van der Waals surface area contributed by atoms with Crippen LogP contribution in [0.5, 0.6) is 0 Å². The van der Waals surface area contributed by atoms with Crippen molar-refractivity contribution in [1.29, 1.82) is 0 Å². The number of nitrogens with zero attached hydrogens (tertiary/aromatic N) is 2. The van der Waals surface area contributed by atoms with Gasteiger partial charge in [-0.1, -0.05) is 24.2 Å². The third-order valence-electron chi connectivity index (χ3n) is 4.04. The third kappa shape index (κ3) is 2.96. The van der Waals surface area contributed by atoms with Crippen LogP contribution in [-0.2, 0) is 11.2 Å². The van der Waals surface area contributed by atoms with Crippen LogP contribution in [-0.4, -0.2) is 23.2 Å². The minimum atomic E-state index is -0.212. The fourth-order valence-corrected chi connectivity index (χ4v) is 3.39. The Hall–Kier alpha value is -1.40. The van der Waals surface area contributed by atoms with Gasteiger partial charge in [0.15, 0.2) is 5.82 Å². The predicted octanol–water partition coefficient (Wildman–Crippen LogP) is 3.14. The maximum absolute atomic E-state index is 13.6. The Morgan fingerprint density at radius 3 is 3.00 bits per heavy atom. The van der Waals surface area contributed by atoms with Crippen molar-refractivity contribution >= 4 is 11.8 Å². The molecule has 21 heavy (non-hydrogen) atoms. The zero-order valence-corrected chi connectivity index (χ0v) is 12.8. The Morgan fingerprint density at radius 1 is 1.43 bits per heavy atom. The fraction of sp³-hybridized carbons (Fsp3) is 0.467. The van der Waals surface area contributed by atoms with Crippen LogP contribution in [0.1, 0.15) is 31.5 Å². The molecular weight excluding hydrogens is 289 g/mol. The van der Waals surface area contributed by atoms with Crippen molar-refractivity contribution in [2.75, 3.05) is 13.1 Å². The van der Waals surface area contributed by atoms with E-state index in [9.17, 15) is 4.39 Å². The Bertz CT molecular complexity index is 610. The van der Waals surface area contributed by atoms with Crippen LogP contribution < -0.4 is 5.32 Å². The second kappa shape index (κ2) is 6.15. The highest BCUT2D eigenvalue weighted by atomic mass is 32.2. The molecule has 1 N–H and O–H groups in total. The Kier molecular flexibility index (Phi) is 4.26. The number of hydrogen-bond acceptors (Lipinski definition) is 5. The number of thioether (sulfide) groups is 1. The van der Waals surface area contributed by atoms with Crippen molar-refractivity contribution < 1.29 is 8.91 Å². The van der Waals surface area contributed by atoms with Gasteiger partial charge in [-0.05, 0) is 31.5 Å². The van der Waals surface area contributed by atoms with Crippen molar-refractivity contribution in [2.45, 2.75) is 35.8 Å². The lowest BCUT2D eigenvalue weighted by molar-refractivity contribution is 0.284. The summed E-state index contributed by atoms with van der Waals surface area (Å²) in [5.41, 5.74) is -0.0338. The molecule has 1 atom stereocenters. The first-order valence-electron chi connectivity index (χ1n) is 7.15. The first-order valence-corrected chi connectivity index (χ1v) is 8.13. The molecule has 0 amide bonds. The molecule has 112 valence electrons. The number of rotatable bonds is 5. The quantitative estimate of drug-likeness (QED) is 0.860. The summed E-state index contributed by atoms with van der Waals surface area (Å²) in [7, 11) is 0. The maximum Gasteiger partial charge on any atom is 0.234 e. The van der Waals surface area contributed by atoms with E-state index in [1.807, 2.05) is 6.07 Å². The zero-order chi connectivity index (χ0) is 14.7. The van der Waals surface area contributed by atoms with Crippen LogP contribution >= 0.6 is 11.8 Å². The molecule has 1 aromatic heterocycles. The number of benzene rings is 1. The van der Waals surface area contributed by atoms with Crippen LogP contribution in [0.3, 0.4) is 0 Å². The molecule has 3 rings (SSSR count). The largest absolute Gasteiger partial charge is 0.339 e. The standard InChI is InChI=1S/C15H18FN3OS/c1-2-15(7-8-17-10-15)14-18-13(19-20-14)9-21-12-6-4-3-5-11(12)16/h3-6,17H,2,7-10H2,1H3. The van der Waals surface area contributed by atoms with Crippen LogP contribution in [0.2, 0.25) is 0 Å². The topological polar surface area (TPSA) is 51.0 Å². The van der Waals surface area contributed by atoms with Crippen LogP contribution in [0.25, 0.3) is 0 Å². The summed E-state index contributed by atoms with van der Waals surface area (Å²) < 4.78 is 19.0. The van der Waals surface area contributed by atoms with E-state index in [2.05, 4.69) is 22.4 Å². The van der Waals surface area contributed by atoms with Gasteiger partial charge < -0.3 is 9.84 Å². The number of hydrogen-bond donors (Lipinski definition) is 1. The van der Waals surface area contributed by atoms with Crippen LogP contribution in [0.15, 0.2) is 33.7 Å². The van der Waals surface area contributed by atoms with E-state index >= 15 is 0 Å². The van der Waals surface area contributed by atoms with Gasteiger partial charge in [0.25, 0.3) is 0 Å². The number of halogens is 1. The Labute approximate surface area is 127 Å². The first kappa shape index (κ1) is 14.5. The van der Waals surface area contributed by atoms with E-state index in [1.54, 1.807) is 12.1 Å². The van der Waals surface area contributed by atoms with Gasteiger partial charge in [-0.2, -0.15) is 4.98 Å². The molecule has 2 aromatic rings. The molecule has 1 fully saturated rings. The van der Waals surface area contributed by atoms with Crippen LogP contribution in [0.4, 0.5) is 4.39 Å². The predicted molar refractivity (Wildman–Crippen MR) is 79.7 cm³/mol. The van der Waals surface area contributed by atoms with Gasteiger partial charge >= 0.3 is 0 Å². The van der Waals surface area contributed by atoms with Crippen molar-refractivity contribution in [3.63, 3.8) is 0 Å². The Morgan fingerprint density at radius 2 is 2.29 bits per heavy atom. The highest BCUT2D eigenvalue weighted by Crippen LogP contribution is 2.33. The second-order valence-corrected chi connectivity index (χ2v) is 6.31. The molecule has 0 saturated carbocycles. The summed E-state index contributed by atoms with van der Waals surface area (Å²) >= 11 is 1.39. The molecule has 4 nitrogen and oxygen atoms in total. The monoisotopic (exact) mass is 307 g/mol. The van der Waals surface area contributed by atoms with Gasteiger partial charge in [-0.3, -0.25) is 0 Å². The fourth-order valence-electron chi connectivity index (χ4n) is 2.61. The first-order chi connectivity index (χ1) is 10.2. The van der Waals surface area contributed by atoms with Gasteiger partial charge in [0.1, 0.15) is 5.82 Å². The van der Waals surface area contributed by atoms with E-state index in [0.29, 0.717) is 22.4 Å². The van der Waals surface area contributed by atoms with Gasteiger partial charge in [-0.25, -0.2) is 4.39 Å². The summed E-state index contributed by atoms with van der Waals surface area (Å²) in [6, 6.07) is 6.73. The molecule has 1 aromatic carbocycles. The molecule has 6 heteroatoms. The van der Waals surface area contributed by atoms with Gasteiger partial charge in [-0.15, -0.1) is 11.8 Å². The SMILES string of the molecule is CCC1(c2nc(CSc3ccccc3F)no2)CCNC1. The van der Waals surface area contributed by atoms with Crippen LogP contribution in [0, 0.1) is 5.82 Å². The highest BCUT2D eigenvalue weighted by Gasteiger charge is 2.39. The average molecular weight is 307 g/mol. The lowest BCUT2D eigenvalue weighted by Crippen LogP contribution is -2.28. The summed E-state index contributed by atoms with van der Waals surface area (Å²) in [6.45, 7) is 4.01. The van der Waals surface area contributed by atoms with E-state index in [0.717, 1.165) is 25.9 Å². The lowest BCUT2D eigenvalue weighted by atomic mass is 9.84. The average Bonchev–Trinajstić information content (AvgIpc) is 3.16. The molecule has 0 aliphatic carbocycles. The van der Waals surface area contributed by atoms with Crippen molar-refractivity contribution in [3.05, 3.63) is 41.8 Å². The van der Waals surface area contributed by atoms with Crippen molar-refractivity contribution in [1.82, 2.24) is 15.5 Å². The molecule has 0 spiro atoms. The van der Waals surface area contributed by atoms with E-state index in [4.69, 9.17) is 4.52 Å². The summed E-state index contributed by atoms with van der Waals surface area (Å²) in [5.74, 6) is 1.63. The number of nitrogens with one attached hydrogen (secondary N) is 1. The minimum absolute atomic E-state index is 0.0338. The lowest BCUT2D eigenvalue weighted by Gasteiger charge is -2.20. The second-order valence-electron chi connectivity index (χ2n) is 5.30. The van der Waals surface area contributed by atoms with Crippen molar-refractivity contribution in [2.24, 2.45) is 0 Å². The molecule has 0 radical (unpaired) electrons. The van der Waals surface area contributed by atoms with Crippen molar-refractivity contribution in [3.8, 4) is 0 Å². The summed E-state index contributed by atoms with van der Waals surface area (Å²) in [4.78, 5) is 5.13. The maximum atomic E-state index is 13.6. The number of aromatic nitrogens is 2. The van der Waals surface area contributed by atoms with Gasteiger partial charge in [0, 0.05) is 11.4 Å². The van der Waals surface area contributed by atoms with E-state index in [-0.39, 0.29) is 11.2 Å². The smallest absolute Gasteiger partial charge is 0.234 e. The van der Waals surface area contributed by atoms with E-state index < -0.39 is 0 Å². The normalized spacial score (nSPS) is 21.8. The summed E-state index contributed by atoms with van der Waals surface area (Å²) in [5, 5.41) is 7.40. The molecule has 1 aliphatic heterocycles. The zero-order valence-electron chi connectivity index (χ0n) is 11.9. The van der Waals surface area contributed by atoms with E-state index in [1.165, 1.54) is 17.8 Å². The third-order valence-corrected chi connectivity index (χ3v) is 5.08. The molecule has 0 bridgehead atoms. The molecule has 1 saturated heterocycles. The molecule has 2 heterocycles. The molecular formula is C15H18FN3OS.